The molecule has 0 aromatic heterocycles. The molecule has 1 fully saturated rings. The number of piperidine rings is 1. The zero-order chi connectivity index (χ0) is 29.1. The van der Waals surface area contributed by atoms with Crippen LogP contribution in [0.5, 0.6) is 0 Å². The predicted molar refractivity (Wildman–Crippen MR) is 160 cm³/mol. The molecule has 1 aliphatic carbocycles. The first-order valence-electron chi connectivity index (χ1n) is 14.4. The number of benzene rings is 3. The number of amides is 2. The van der Waals surface area contributed by atoms with E-state index in [4.69, 9.17) is 4.99 Å². The lowest BCUT2D eigenvalue weighted by atomic mass is 9.86. The van der Waals surface area contributed by atoms with E-state index in [1.807, 2.05) is 29.2 Å². The molecule has 0 saturated carbocycles. The Hall–Kier alpha value is -4.43. The molecule has 1 N–H and O–H groups in total. The smallest absolute Gasteiger partial charge is 0.251 e. The Bertz CT molecular complexity index is 1560. The van der Waals surface area contributed by atoms with Crippen LogP contribution in [0.1, 0.15) is 40.7 Å². The van der Waals surface area contributed by atoms with Gasteiger partial charge < -0.3 is 10.2 Å². The van der Waals surface area contributed by atoms with Crippen LogP contribution in [0.3, 0.4) is 0 Å². The fourth-order valence-corrected chi connectivity index (χ4v) is 5.87. The summed E-state index contributed by atoms with van der Waals surface area (Å²) in [7, 11) is 0. The minimum atomic E-state index is -0.345. The molecule has 3 aromatic rings. The van der Waals surface area contributed by atoms with Gasteiger partial charge in [0.15, 0.2) is 0 Å². The molecule has 0 radical (unpaired) electrons. The summed E-state index contributed by atoms with van der Waals surface area (Å²) in [5.41, 5.74) is 3.71. The maximum Gasteiger partial charge on any atom is 0.251 e. The third-order valence-corrected chi connectivity index (χ3v) is 8.04. The number of anilines is 1. The quantitative estimate of drug-likeness (QED) is 0.401. The highest BCUT2D eigenvalue weighted by Crippen LogP contribution is 2.40. The first-order chi connectivity index (χ1) is 20.5. The number of rotatable bonds is 6. The average molecular weight is 567 g/mol. The number of carbonyl (C=O) groups is 2. The Labute approximate surface area is 244 Å². The molecule has 214 valence electrons. The van der Waals surface area contributed by atoms with Crippen LogP contribution in [0.2, 0.25) is 0 Å². The molecule has 3 aromatic carbocycles. The molecule has 2 heterocycles. The van der Waals surface area contributed by atoms with Gasteiger partial charge in [-0.2, -0.15) is 0 Å². The van der Waals surface area contributed by atoms with Crippen molar-refractivity contribution in [2.24, 2.45) is 10.9 Å². The van der Waals surface area contributed by atoms with Crippen molar-refractivity contribution >= 4 is 28.9 Å². The van der Waals surface area contributed by atoms with Crippen LogP contribution < -0.4 is 10.2 Å². The lowest BCUT2D eigenvalue weighted by Gasteiger charge is -2.36. The van der Waals surface area contributed by atoms with Gasteiger partial charge in [0, 0.05) is 18.0 Å². The molecule has 2 atom stereocenters. The van der Waals surface area contributed by atoms with E-state index < -0.39 is 0 Å². The summed E-state index contributed by atoms with van der Waals surface area (Å²) < 4.78 is 27.2. The maximum atomic E-state index is 14.0. The van der Waals surface area contributed by atoms with Crippen molar-refractivity contribution in [2.45, 2.75) is 31.8 Å². The number of fused-ring (bicyclic) bond motifs is 2. The van der Waals surface area contributed by atoms with Crippen LogP contribution in [0.4, 0.5) is 20.2 Å². The van der Waals surface area contributed by atoms with Crippen LogP contribution >= 0.6 is 0 Å². The molecule has 6 nitrogen and oxygen atoms in total. The van der Waals surface area contributed by atoms with Gasteiger partial charge in [-0.25, -0.2) is 13.8 Å². The van der Waals surface area contributed by atoms with Gasteiger partial charge in [0.1, 0.15) is 11.6 Å². The number of allylic oxidation sites excluding steroid dienone is 2. The van der Waals surface area contributed by atoms with Crippen molar-refractivity contribution in [3.63, 3.8) is 0 Å². The molecular formula is C34H32F2N4O2. The fraction of sp³-hybridized carbons (Fsp3) is 0.265. The first-order valence-corrected chi connectivity index (χ1v) is 14.4. The van der Waals surface area contributed by atoms with E-state index >= 15 is 0 Å². The molecule has 3 aliphatic rings. The summed E-state index contributed by atoms with van der Waals surface area (Å²) in [6.45, 7) is 2.31. The SMILES string of the molecule is O=C(NCc1ccc(F)cc1)c1ccc2c(c1)N=C(c1ccc(F)cc1)C1C=CC=CC1N2C(=O)CN1CCCCC1. The molecule has 1 saturated heterocycles. The summed E-state index contributed by atoms with van der Waals surface area (Å²) in [5.74, 6) is -1.29. The number of carbonyl (C=O) groups excluding carboxylic acids is 2. The Morgan fingerprint density at radius 2 is 1.55 bits per heavy atom. The highest BCUT2D eigenvalue weighted by Gasteiger charge is 2.37. The van der Waals surface area contributed by atoms with Crippen molar-refractivity contribution in [3.05, 3.63) is 119 Å². The molecule has 6 rings (SSSR count). The average Bonchev–Trinajstić information content (AvgIpc) is 3.16. The molecular weight excluding hydrogens is 534 g/mol. The molecule has 0 spiro atoms. The number of halogens is 2. The lowest BCUT2D eigenvalue weighted by Crippen LogP contribution is -2.50. The summed E-state index contributed by atoms with van der Waals surface area (Å²) in [6.07, 6.45) is 11.2. The van der Waals surface area contributed by atoms with Crippen molar-refractivity contribution < 1.29 is 18.4 Å². The van der Waals surface area contributed by atoms with E-state index in [1.54, 1.807) is 42.5 Å². The van der Waals surface area contributed by atoms with Crippen molar-refractivity contribution in [1.29, 1.82) is 0 Å². The van der Waals surface area contributed by atoms with E-state index in [0.717, 1.165) is 37.1 Å². The van der Waals surface area contributed by atoms with E-state index in [9.17, 15) is 18.4 Å². The van der Waals surface area contributed by atoms with E-state index in [1.165, 1.54) is 30.7 Å². The Morgan fingerprint density at radius 3 is 2.29 bits per heavy atom. The summed E-state index contributed by atoms with van der Waals surface area (Å²) in [4.78, 5) is 36.3. The minimum absolute atomic E-state index is 0.0304. The predicted octanol–water partition coefficient (Wildman–Crippen LogP) is 5.96. The highest BCUT2D eigenvalue weighted by molar-refractivity contribution is 6.10. The van der Waals surface area contributed by atoms with Crippen LogP contribution in [0.25, 0.3) is 0 Å². The van der Waals surface area contributed by atoms with Gasteiger partial charge in [-0.1, -0.05) is 55.0 Å². The van der Waals surface area contributed by atoms with Crippen molar-refractivity contribution in [2.75, 3.05) is 24.5 Å². The molecule has 2 unspecified atom stereocenters. The summed E-state index contributed by atoms with van der Waals surface area (Å²) in [6, 6.07) is 17.0. The van der Waals surface area contributed by atoms with Gasteiger partial charge >= 0.3 is 0 Å². The lowest BCUT2D eigenvalue weighted by molar-refractivity contribution is -0.120. The van der Waals surface area contributed by atoms with Crippen LogP contribution in [0.15, 0.2) is 96.0 Å². The first kappa shape index (κ1) is 27.7. The standard InChI is InChI=1S/C34H32F2N4O2/c35-26-13-8-23(9-14-26)21-37-34(42)25-12-17-31-29(20-25)38-33(24-10-15-27(36)16-11-24)28-6-2-3-7-30(28)40(31)32(41)22-39-18-4-1-5-19-39/h2-3,6-17,20,28,30H,1,4-5,18-19,21-22H2,(H,37,42). The number of hydrogen-bond acceptors (Lipinski definition) is 4. The summed E-state index contributed by atoms with van der Waals surface area (Å²) >= 11 is 0. The van der Waals surface area contributed by atoms with Crippen LogP contribution in [-0.4, -0.2) is 48.1 Å². The minimum Gasteiger partial charge on any atom is -0.348 e. The van der Waals surface area contributed by atoms with E-state index in [-0.39, 0.29) is 42.0 Å². The zero-order valence-electron chi connectivity index (χ0n) is 23.2. The second-order valence-corrected chi connectivity index (χ2v) is 10.9. The zero-order valence-corrected chi connectivity index (χ0v) is 23.2. The van der Waals surface area contributed by atoms with Gasteiger partial charge in [0.05, 0.1) is 29.7 Å². The van der Waals surface area contributed by atoms with Gasteiger partial charge in [-0.3, -0.25) is 14.5 Å². The third-order valence-electron chi connectivity index (χ3n) is 8.04. The second-order valence-electron chi connectivity index (χ2n) is 10.9. The fourth-order valence-electron chi connectivity index (χ4n) is 5.87. The van der Waals surface area contributed by atoms with Gasteiger partial charge in [0.25, 0.3) is 5.91 Å². The monoisotopic (exact) mass is 566 g/mol. The summed E-state index contributed by atoms with van der Waals surface area (Å²) in [5, 5.41) is 2.88. The molecule has 2 aliphatic heterocycles. The van der Waals surface area contributed by atoms with E-state index in [2.05, 4.69) is 10.2 Å². The van der Waals surface area contributed by atoms with Crippen LogP contribution in [0, 0.1) is 17.6 Å². The topological polar surface area (TPSA) is 65.0 Å². The van der Waals surface area contributed by atoms with Crippen molar-refractivity contribution in [3.8, 4) is 0 Å². The molecule has 8 heteroatoms. The Morgan fingerprint density at radius 1 is 0.857 bits per heavy atom. The van der Waals surface area contributed by atoms with Gasteiger partial charge in [-0.15, -0.1) is 0 Å². The number of hydrogen-bond donors (Lipinski definition) is 1. The number of likely N-dealkylation sites (tertiary alicyclic amines) is 1. The highest BCUT2D eigenvalue weighted by atomic mass is 19.1. The third kappa shape index (κ3) is 5.94. The molecule has 42 heavy (non-hydrogen) atoms. The molecule has 2 amide bonds. The molecule has 0 bridgehead atoms. The van der Waals surface area contributed by atoms with E-state index in [0.29, 0.717) is 29.2 Å². The number of nitrogens with one attached hydrogen (secondary N) is 1. The second kappa shape index (κ2) is 12.2. The number of aliphatic imine (C=N–C) groups is 1. The maximum absolute atomic E-state index is 14.0. The van der Waals surface area contributed by atoms with Gasteiger partial charge in [-0.05, 0) is 79.5 Å². The Balaban J connectivity index is 1.38. The van der Waals surface area contributed by atoms with Crippen molar-refractivity contribution in [1.82, 2.24) is 10.2 Å². The largest absolute Gasteiger partial charge is 0.348 e. The normalized spacial score (nSPS) is 19.9. The van der Waals surface area contributed by atoms with Gasteiger partial charge in [0.2, 0.25) is 5.91 Å². The van der Waals surface area contributed by atoms with Crippen LogP contribution in [-0.2, 0) is 11.3 Å². The Kier molecular flexibility index (Phi) is 8.06. The number of nitrogens with zero attached hydrogens (tertiary/aromatic N) is 3.